The molecule has 0 aliphatic carbocycles. The fourth-order valence-corrected chi connectivity index (χ4v) is 6.22. The number of aryl methyl sites for hydroxylation is 1. The minimum Gasteiger partial charge on any atom is -0.466 e. The molecule has 0 radical (unpaired) electrons. The number of esters is 1. The molecule has 4 atom stereocenters. The summed E-state index contributed by atoms with van der Waals surface area (Å²) in [6, 6.07) is 8.85. The van der Waals surface area contributed by atoms with Crippen molar-refractivity contribution in [3.63, 3.8) is 0 Å². The Hall–Kier alpha value is -3.40. The van der Waals surface area contributed by atoms with Gasteiger partial charge in [-0.25, -0.2) is 0 Å². The Labute approximate surface area is 199 Å². The number of hydrogen-bond acceptors (Lipinski definition) is 5. The largest absolute Gasteiger partial charge is 0.466 e. The van der Waals surface area contributed by atoms with E-state index in [9.17, 15) is 27.6 Å². The molecule has 3 aliphatic rings. The van der Waals surface area contributed by atoms with Gasteiger partial charge in [0.25, 0.3) is 5.91 Å². The fraction of sp³-hybridized carbons (Fsp3) is 0.400. The average Bonchev–Trinajstić information content (AvgIpc) is 3.33. The van der Waals surface area contributed by atoms with Gasteiger partial charge in [0, 0.05) is 31.0 Å². The van der Waals surface area contributed by atoms with Gasteiger partial charge >= 0.3 is 12.1 Å². The van der Waals surface area contributed by atoms with Crippen LogP contribution in [0.5, 0.6) is 0 Å². The molecule has 2 amide bonds. The number of ether oxygens (including phenoxy) is 1. The van der Waals surface area contributed by atoms with Crippen LogP contribution in [0.3, 0.4) is 0 Å². The highest BCUT2D eigenvalue weighted by Gasteiger charge is 2.82. The second-order valence-corrected chi connectivity index (χ2v) is 9.22. The molecule has 0 bridgehead atoms. The number of carbonyl (C=O) groups excluding carboxylic acids is 3. The lowest BCUT2D eigenvalue weighted by atomic mass is 9.58. The minimum absolute atomic E-state index is 0.182. The van der Waals surface area contributed by atoms with E-state index >= 15 is 0 Å². The first-order valence-corrected chi connectivity index (χ1v) is 11.2. The van der Waals surface area contributed by atoms with E-state index in [1.807, 2.05) is 0 Å². The summed E-state index contributed by atoms with van der Waals surface area (Å²) in [6.07, 6.45) is -4.96. The number of para-hydroxylation sites is 1. The number of likely N-dealkylation sites (N-methyl/N-ethyl adjacent to an activating group) is 2. The predicted molar refractivity (Wildman–Crippen MR) is 121 cm³/mol. The van der Waals surface area contributed by atoms with Gasteiger partial charge in [-0.3, -0.25) is 19.7 Å². The van der Waals surface area contributed by atoms with Gasteiger partial charge in [0.2, 0.25) is 5.91 Å². The van der Waals surface area contributed by atoms with Crippen LogP contribution >= 0.6 is 0 Å². The van der Waals surface area contributed by atoms with Gasteiger partial charge in [-0.15, -0.1) is 0 Å². The molecule has 1 N–H and O–H groups in total. The summed E-state index contributed by atoms with van der Waals surface area (Å²) in [6.45, 7) is 3.04. The van der Waals surface area contributed by atoms with Crippen molar-refractivity contribution in [1.82, 2.24) is 5.32 Å². The van der Waals surface area contributed by atoms with Gasteiger partial charge in [-0.05, 0) is 31.5 Å². The molecule has 2 spiro atoms. The monoisotopic (exact) mass is 487 g/mol. The molecule has 3 heterocycles. The number of nitrogens with one attached hydrogen (secondary N) is 1. The molecule has 10 heteroatoms. The Morgan fingerprint density at radius 1 is 1.03 bits per heavy atom. The van der Waals surface area contributed by atoms with Crippen LogP contribution in [0.2, 0.25) is 0 Å². The summed E-state index contributed by atoms with van der Waals surface area (Å²) in [5.41, 5.74) is -2.62. The number of anilines is 2. The van der Waals surface area contributed by atoms with Crippen molar-refractivity contribution in [2.24, 2.45) is 5.92 Å². The van der Waals surface area contributed by atoms with Crippen molar-refractivity contribution in [2.75, 3.05) is 30.5 Å². The molecule has 0 saturated carbocycles. The number of benzene rings is 2. The highest BCUT2D eigenvalue weighted by molar-refractivity contribution is 6.20. The molecule has 0 unspecified atom stereocenters. The Morgan fingerprint density at radius 3 is 2.31 bits per heavy atom. The second-order valence-electron chi connectivity index (χ2n) is 9.22. The van der Waals surface area contributed by atoms with Crippen LogP contribution in [0, 0.1) is 12.8 Å². The van der Waals surface area contributed by atoms with Crippen molar-refractivity contribution in [1.29, 1.82) is 0 Å². The molecule has 35 heavy (non-hydrogen) atoms. The molecule has 2 aromatic rings. The predicted octanol–water partition coefficient (Wildman–Crippen LogP) is 2.79. The van der Waals surface area contributed by atoms with Crippen LogP contribution in [0.15, 0.2) is 42.5 Å². The second kappa shape index (κ2) is 7.30. The zero-order valence-electron chi connectivity index (χ0n) is 19.6. The number of halogens is 3. The van der Waals surface area contributed by atoms with Crippen LogP contribution in [-0.2, 0) is 30.1 Å². The molecule has 184 valence electrons. The SMILES string of the molecule is CCOC(=O)[C@H]1[C@H](C(F)(F)F)N[C@@]2(C(=O)N(C)c3ccccc32)[C@]12C(=O)N(C)c1ccc(C)cc12. The number of hydrogen-bond donors (Lipinski definition) is 1. The van der Waals surface area contributed by atoms with Crippen LogP contribution in [0.25, 0.3) is 0 Å². The number of alkyl halides is 3. The smallest absolute Gasteiger partial charge is 0.404 e. The third-order valence-electron chi connectivity index (χ3n) is 7.53. The summed E-state index contributed by atoms with van der Waals surface area (Å²) < 4.78 is 49.1. The lowest BCUT2D eigenvalue weighted by Crippen LogP contribution is -2.63. The van der Waals surface area contributed by atoms with E-state index in [0.29, 0.717) is 16.9 Å². The normalized spacial score (nSPS) is 29.3. The summed E-state index contributed by atoms with van der Waals surface area (Å²) in [4.78, 5) is 44.2. The molecule has 7 nitrogen and oxygen atoms in total. The summed E-state index contributed by atoms with van der Waals surface area (Å²) in [5, 5.41) is 2.51. The number of fused-ring (bicyclic) bond motifs is 5. The zero-order chi connectivity index (χ0) is 25.5. The van der Waals surface area contributed by atoms with Gasteiger partial charge in [0.15, 0.2) is 0 Å². The van der Waals surface area contributed by atoms with E-state index in [4.69, 9.17) is 4.74 Å². The Balaban J connectivity index is 1.97. The molecule has 1 saturated heterocycles. The van der Waals surface area contributed by atoms with Crippen LogP contribution in [0.1, 0.15) is 23.6 Å². The maximum Gasteiger partial charge on any atom is 0.404 e. The summed E-state index contributed by atoms with van der Waals surface area (Å²) in [7, 11) is 2.89. The van der Waals surface area contributed by atoms with Crippen LogP contribution < -0.4 is 15.1 Å². The van der Waals surface area contributed by atoms with E-state index in [-0.39, 0.29) is 17.7 Å². The molecule has 2 aromatic carbocycles. The third-order valence-corrected chi connectivity index (χ3v) is 7.53. The first-order valence-electron chi connectivity index (χ1n) is 11.2. The van der Waals surface area contributed by atoms with E-state index in [1.165, 1.54) is 36.9 Å². The van der Waals surface area contributed by atoms with Gasteiger partial charge in [0.1, 0.15) is 22.9 Å². The molecular formula is C25H24F3N3O4. The maximum atomic E-state index is 14.6. The number of carbonyl (C=O) groups is 3. The van der Waals surface area contributed by atoms with Crippen molar-refractivity contribution in [2.45, 2.75) is 37.0 Å². The molecular weight excluding hydrogens is 463 g/mol. The fourth-order valence-electron chi connectivity index (χ4n) is 6.22. The first kappa shape index (κ1) is 23.3. The van der Waals surface area contributed by atoms with E-state index < -0.39 is 46.9 Å². The zero-order valence-corrected chi connectivity index (χ0v) is 19.6. The third kappa shape index (κ3) is 2.63. The number of rotatable bonds is 2. The van der Waals surface area contributed by atoms with Crippen molar-refractivity contribution >= 4 is 29.2 Å². The van der Waals surface area contributed by atoms with Gasteiger partial charge in [-0.1, -0.05) is 35.9 Å². The Morgan fingerprint density at radius 2 is 1.66 bits per heavy atom. The molecule has 5 rings (SSSR count). The minimum atomic E-state index is -4.96. The average molecular weight is 487 g/mol. The maximum absolute atomic E-state index is 14.6. The lowest BCUT2D eigenvalue weighted by Gasteiger charge is -2.40. The Kier molecular flexibility index (Phi) is 4.87. The van der Waals surface area contributed by atoms with Crippen LogP contribution in [-0.4, -0.2) is 50.7 Å². The first-order chi connectivity index (χ1) is 16.4. The summed E-state index contributed by atoms with van der Waals surface area (Å²) in [5.74, 6) is -4.73. The topological polar surface area (TPSA) is 79.0 Å². The van der Waals surface area contributed by atoms with Crippen molar-refractivity contribution in [3.8, 4) is 0 Å². The van der Waals surface area contributed by atoms with Gasteiger partial charge in [0.05, 0.1) is 6.61 Å². The molecule has 0 aromatic heterocycles. The van der Waals surface area contributed by atoms with Crippen LogP contribution in [0.4, 0.5) is 24.5 Å². The van der Waals surface area contributed by atoms with Crippen molar-refractivity contribution < 1.29 is 32.3 Å². The summed E-state index contributed by atoms with van der Waals surface area (Å²) >= 11 is 0. The van der Waals surface area contributed by atoms with E-state index in [0.717, 1.165) is 0 Å². The quantitative estimate of drug-likeness (QED) is 0.660. The number of nitrogens with zero attached hydrogens (tertiary/aromatic N) is 2. The number of amides is 2. The molecule has 1 fully saturated rings. The van der Waals surface area contributed by atoms with E-state index in [1.54, 1.807) is 43.3 Å². The van der Waals surface area contributed by atoms with Gasteiger partial charge < -0.3 is 14.5 Å². The standard InChI is InChI=1S/C25H24F3N3O4/c1-5-35-20(32)18-19(25(26,27)28)29-24(14-8-6-7-9-16(14)31(4)22(24)34)23(18)15-12-13(2)10-11-17(15)30(3)21(23)33/h6-12,18-19,29H,5H2,1-4H3/t18-,19-,23+,24+/m1/s1. The highest BCUT2D eigenvalue weighted by Crippen LogP contribution is 2.65. The van der Waals surface area contributed by atoms with E-state index in [2.05, 4.69) is 5.32 Å². The highest BCUT2D eigenvalue weighted by atomic mass is 19.4. The van der Waals surface area contributed by atoms with Crippen molar-refractivity contribution in [3.05, 3.63) is 59.2 Å². The van der Waals surface area contributed by atoms with Gasteiger partial charge in [-0.2, -0.15) is 13.2 Å². The Bertz CT molecular complexity index is 1280. The molecule has 3 aliphatic heterocycles. The lowest BCUT2D eigenvalue weighted by molar-refractivity contribution is -0.179.